The molecule has 0 atom stereocenters. The van der Waals surface area contributed by atoms with E-state index in [0.29, 0.717) is 53.7 Å². The van der Waals surface area contributed by atoms with E-state index in [9.17, 15) is 14.0 Å². The van der Waals surface area contributed by atoms with Crippen LogP contribution in [0.5, 0.6) is 11.5 Å². The van der Waals surface area contributed by atoms with E-state index in [4.69, 9.17) is 21.1 Å². The molecule has 2 aliphatic rings. The van der Waals surface area contributed by atoms with Gasteiger partial charge in [-0.1, -0.05) is 35.9 Å². The lowest BCUT2D eigenvalue weighted by Crippen LogP contribution is -2.63. The molecule has 5 rings (SSSR count). The van der Waals surface area contributed by atoms with Crippen molar-refractivity contribution < 1.29 is 23.5 Å². The van der Waals surface area contributed by atoms with Gasteiger partial charge in [-0.2, -0.15) is 0 Å². The van der Waals surface area contributed by atoms with Gasteiger partial charge in [0.2, 0.25) is 0 Å². The highest BCUT2D eigenvalue weighted by Crippen LogP contribution is 2.40. The number of urea groups is 1. The molecule has 1 fully saturated rings. The number of fused-ring (bicyclic) bond motifs is 1. The molecule has 3 amide bonds. The number of carbonyl (C=O) groups is 2. The van der Waals surface area contributed by atoms with Crippen LogP contribution in [0.25, 0.3) is 0 Å². The highest BCUT2D eigenvalue weighted by Gasteiger charge is 2.49. The van der Waals surface area contributed by atoms with Gasteiger partial charge in [-0.05, 0) is 48.0 Å². The van der Waals surface area contributed by atoms with Crippen molar-refractivity contribution in [2.75, 3.05) is 25.5 Å². The fourth-order valence-corrected chi connectivity index (χ4v) is 4.89. The topological polar surface area (TPSA) is 71.1 Å². The maximum Gasteiger partial charge on any atom is 0.321 e. The maximum absolute atomic E-state index is 13.6. The number of likely N-dealkylation sites (tertiary alicyclic amines) is 1. The van der Waals surface area contributed by atoms with Gasteiger partial charge in [-0.25, -0.2) is 9.18 Å². The molecule has 1 N–H and O–H groups in total. The SMILES string of the molecule is COc1ccc(Cl)cc1NC(=O)N1CCC2(CC1)Oc1ccccc1C(=O)N2Cc1ccc(F)cc1. The molecule has 1 saturated heterocycles. The van der Waals surface area contributed by atoms with Crippen LogP contribution in [0.3, 0.4) is 0 Å². The number of methoxy groups -OCH3 is 1. The molecule has 0 aromatic heterocycles. The van der Waals surface area contributed by atoms with Crippen LogP contribution >= 0.6 is 11.6 Å². The number of anilines is 1. The second kappa shape index (κ2) is 9.70. The Labute approximate surface area is 213 Å². The summed E-state index contributed by atoms with van der Waals surface area (Å²) in [4.78, 5) is 30.0. The van der Waals surface area contributed by atoms with Gasteiger partial charge in [-0.15, -0.1) is 0 Å². The third kappa shape index (κ3) is 4.56. The van der Waals surface area contributed by atoms with Gasteiger partial charge in [0.25, 0.3) is 5.91 Å². The smallest absolute Gasteiger partial charge is 0.321 e. The summed E-state index contributed by atoms with van der Waals surface area (Å²) in [5, 5.41) is 3.34. The Bertz CT molecular complexity index is 1290. The molecule has 3 aromatic rings. The van der Waals surface area contributed by atoms with Crippen molar-refractivity contribution in [1.29, 1.82) is 0 Å². The maximum atomic E-state index is 13.6. The van der Waals surface area contributed by atoms with Gasteiger partial charge in [0.1, 0.15) is 17.3 Å². The number of nitrogens with one attached hydrogen (secondary N) is 1. The number of para-hydroxylation sites is 1. The van der Waals surface area contributed by atoms with Crippen LogP contribution in [0.15, 0.2) is 66.7 Å². The molecular formula is C27H25ClFN3O4. The quantitative estimate of drug-likeness (QED) is 0.501. The molecule has 186 valence electrons. The number of hydrogen-bond donors (Lipinski definition) is 1. The second-order valence-corrected chi connectivity index (χ2v) is 9.26. The van der Waals surface area contributed by atoms with Crippen LogP contribution in [-0.4, -0.2) is 47.7 Å². The molecule has 0 bridgehead atoms. The number of nitrogens with zero attached hydrogens (tertiary/aromatic N) is 2. The van der Waals surface area contributed by atoms with Crippen molar-refractivity contribution in [3.05, 3.63) is 88.7 Å². The van der Waals surface area contributed by atoms with Crippen LogP contribution in [0.4, 0.5) is 14.9 Å². The number of amides is 3. The van der Waals surface area contributed by atoms with Crippen molar-refractivity contribution in [2.24, 2.45) is 0 Å². The van der Waals surface area contributed by atoms with E-state index in [2.05, 4.69) is 5.32 Å². The predicted octanol–water partition coefficient (Wildman–Crippen LogP) is 5.55. The van der Waals surface area contributed by atoms with Gasteiger partial charge < -0.3 is 19.7 Å². The van der Waals surface area contributed by atoms with Crippen LogP contribution in [0.2, 0.25) is 5.02 Å². The minimum Gasteiger partial charge on any atom is -0.495 e. The van der Waals surface area contributed by atoms with Gasteiger partial charge in [0, 0.05) is 37.5 Å². The Balaban J connectivity index is 1.37. The second-order valence-electron chi connectivity index (χ2n) is 8.82. The third-order valence-electron chi connectivity index (χ3n) is 6.64. The Morgan fingerprint density at radius 3 is 2.56 bits per heavy atom. The first-order valence-corrected chi connectivity index (χ1v) is 12.0. The highest BCUT2D eigenvalue weighted by atomic mass is 35.5. The van der Waals surface area contributed by atoms with E-state index < -0.39 is 5.72 Å². The monoisotopic (exact) mass is 509 g/mol. The molecule has 2 aliphatic heterocycles. The minimum absolute atomic E-state index is 0.150. The molecule has 0 saturated carbocycles. The lowest BCUT2D eigenvalue weighted by atomic mass is 9.93. The van der Waals surface area contributed by atoms with Gasteiger partial charge in [-0.3, -0.25) is 9.69 Å². The van der Waals surface area contributed by atoms with E-state index >= 15 is 0 Å². The summed E-state index contributed by atoms with van der Waals surface area (Å²) in [7, 11) is 1.52. The lowest BCUT2D eigenvalue weighted by molar-refractivity contribution is -0.109. The Kier molecular flexibility index (Phi) is 6.45. The average Bonchev–Trinajstić information content (AvgIpc) is 2.88. The van der Waals surface area contributed by atoms with Crippen LogP contribution < -0.4 is 14.8 Å². The minimum atomic E-state index is -0.926. The normalized spacial score (nSPS) is 16.4. The van der Waals surface area contributed by atoms with Crippen LogP contribution in [0, 0.1) is 5.82 Å². The fourth-order valence-electron chi connectivity index (χ4n) is 4.71. The number of hydrogen-bond acceptors (Lipinski definition) is 4. The molecule has 7 nitrogen and oxygen atoms in total. The summed E-state index contributed by atoms with van der Waals surface area (Å²) >= 11 is 6.09. The number of benzene rings is 3. The van der Waals surface area contributed by atoms with Crippen molar-refractivity contribution in [2.45, 2.75) is 25.1 Å². The first-order valence-electron chi connectivity index (χ1n) is 11.6. The fraction of sp³-hybridized carbons (Fsp3) is 0.259. The Morgan fingerprint density at radius 1 is 1.11 bits per heavy atom. The van der Waals surface area contributed by atoms with Crippen LogP contribution in [-0.2, 0) is 6.54 Å². The molecule has 9 heteroatoms. The summed E-state index contributed by atoms with van der Waals surface area (Å²) in [6, 6.07) is 18.0. The van der Waals surface area contributed by atoms with Crippen molar-refractivity contribution in [1.82, 2.24) is 9.80 Å². The Morgan fingerprint density at radius 2 is 1.83 bits per heavy atom. The van der Waals surface area contributed by atoms with E-state index in [0.717, 1.165) is 5.56 Å². The summed E-state index contributed by atoms with van der Waals surface area (Å²) in [5.74, 6) is 0.544. The zero-order valence-corrected chi connectivity index (χ0v) is 20.4. The molecule has 2 heterocycles. The van der Waals surface area contributed by atoms with Gasteiger partial charge in [0.15, 0.2) is 5.72 Å². The van der Waals surface area contributed by atoms with Crippen LogP contribution in [0.1, 0.15) is 28.8 Å². The lowest BCUT2D eigenvalue weighted by Gasteiger charge is -2.50. The summed E-state index contributed by atoms with van der Waals surface area (Å²) < 4.78 is 25.3. The number of rotatable bonds is 4. The van der Waals surface area contributed by atoms with E-state index in [1.165, 1.54) is 19.2 Å². The zero-order chi connectivity index (χ0) is 25.3. The molecule has 1 spiro atoms. The third-order valence-corrected chi connectivity index (χ3v) is 6.88. The van der Waals surface area contributed by atoms with Gasteiger partial charge in [0.05, 0.1) is 18.4 Å². The van der Waals surface area contributed by atoms with E-state index in [1.807, 2.05) is 6.07 Å². The predicted molar refractivity (Wildman–Crippen MR) is 134 cm³/mol. The Hall–Kier alpha value is -3.78. The van der Waals surface area contributed by atoms with Crippen molar-refractivity contribution in [3.8, 4) is 11.5 Å². The summed E-state index contributed by atoms with van der Waals surface area (Å²) in [5.41, 5.74) is 0.828. The first-order chi connectivity index (χ1) is 17.4. The molecular weight excluding hydrogens is 485 g/mol. The molecule has 0 aliphatic carbocycles. The van der Waals surface area contributed by atoms with Crippen molar-refractivity contribution in [3.63, 3.8) is 0 Å². The molecule has 36 heavy (non-hydrogen) atoms. The summed E-state index contributed by atoms with van der Waals surface area (Å²) in [6.07, 6.45) is 0.822. The first kappa shape index (κ1) is 23.9. The number of carbonyl (C=O) groups excluding carboxylic acids is 2. The largest absolute Gasteiger partial charge is 0.495 e. The number of ether oxygens (including phenoxy) is 2. The average molecular weight is 510 g/mol. The molecule has 3 aromatic carbocycles. The summed E-state index contributed by atoms with van der Waals surface area (Å²) in [6.45, 7) is 0.994. The molecule has 0 radical (unpaired) electrons. The highest BCUT2D eigenvalue weighted by molar-refractivity contribution is 6.31. The van der Waals surface area contributed by atoms with Gasteiger partial charge >= 0.3 is 6.03 Å². The van der Waals surface area contributed by atoms with E-state index in [1.54, 1.807) is 58.3 Å². The van der Waals surface area contributed by atoms with E-state index in [-0.39, 0.29) is 24.3 Å². The molecule has 0 unspecified atom stereocenters. The number of piperidine rings is 1. The van der Waals surface area contributed by atoms with Crippen molar-refractivity contribution >= 4 is 29.2 Å². The zero-order valence-electron chi connectivity index (χ0n) is 19.7. The standard InChI is InChI=1S/C27H25ClFN3O4/c1-35-24-11-8-19(28)16-22(24)30-26(34)31-14-12-27(13-15-31)32(17-18-6-9-20(29)10-7-18)25(33)21-4-2-3-5-23(21)36-27/h2-11,16H,12-15,17H2,1H3,(H,30,34). The number of halogens is 2.